The largest absolute Gasteiger partial charge is 0.462 e. The molecule has 0 saturated heterocycles. The van der Waals surface area contributed by atoms with Crippen molar-refractivity contribution in [1.82, 2.24) is 0 Å². The van der Waals surface area contributed by atoms with Crippen molar-refractivity contribution in [2.45, 2.75) is 309 Å². The van der Waals surface area contributed by atoms with Crippen molar-refractivity contribution < 1.29 is 28.6 Å². The van der Waals surface area contributed by atoms with Crippen molar-refractivity contribution in [3.63, 3.8) is 0 Å². The first-order valence-electron chi connectivity index (χ1n) is 33.7. The highest BCUT2D eigenvalue weighted by atomic mass is 16.6. The fraction of sp³-hybridized carbons (Fsp3) is 0.667. The number of rotatable bonds is 60. The lowest BCUT2D eigenvalue weighted by Gasteiger charge is -2.18. The van der Waals surface area contributed by atoms with Crippen LogP contribution in [0.4, 0.5) is 0 Å². The Morgan fingerprint density at radius 2 is 0.481 bits per heavy atom. The first-order chi connectivity index (χ1) is 40.0. The number of allylic oxidation sites excluding steroid dienone is 22. The summed E-state index contributed by atoms with van der Waals surface area (Å²) >= 11 is 0. The molecular formula is C75H124O6. The molecule has 460 valence electrons. The monoisotopic (exact) mass is 1120 g/mol. The molecular weight excluding hydrogens is 997 g/mol. The van der Waals surface area contributed by atoms with Crippen LogP contribution >= 0.6 is 0 Å². The molecule has 6 heteroatoms. The van der Waals surface area contributed by atoms with Crippen LogP contribution in [-0.2, 0) is 28.6 Å². The summed E-state index contributed by atoms with van der Waals surface area (Å²) in [7, 11) is 0. The third-order valence-electron chi connectivity index (χ3n) is 14.1. The van der Waals surface area contributed by atoms with Gasteiger partial charge in [-0.3, -0.25) is 14.4 Å². The third-order valence-corrected chi connectivity index (χ3v) is 14.1. The first kappa shape index (κ1) is 76.5. The van der Waals surface area contributed by atoms with Gasteiger partial charge in [-0.1, -0.05) is 283 Å². The predicted octanol–water partition coefficient (Wildman–Crippen LogP) is 23.3. The lowest BCUT2D eigenvalue weighted by Crippen LogP contribution is -2.30. The maximum Gasteiger partial charge on any atom is 0.306 e. The first-order valence-corrected chi connectivity index (χ1v) is 33.7. The van der Waals surface area contributed by atoms with Gasteiger partial charge in [-0.2, -0.15) is 0 Å². The van der Waals surface area contributed by atoms with Crippen LogP contribution in [0.1, 0.15) is 303 Å². The van der Waals surface area contributed by atoms with Crippen molar-refractivity contribution >= 4 is 17.9 Å². The molecule has 1 unspecified atom stereocenters. The van der Waals surface area contributed by atoms with Crippen LogP contribution in [0.5, 0.6) is 0 Å². The van der Waals surface area contributed by atoms with E-state index in [9.17, 15) is 14.4 Å². The normalized spacial score (nSPS) is 13.0. The lowest BCUT2D eigenvalue weighted by molar-refractivity contribution is -0.167. The van der Waals surface area contributed by atoms with E-state index in [1.165, 1.54) is 128 Å². The number of carbonyl (C=O) groups is 3. The Bertz CT molecular complexity index is 1720. The molecule has 0 N–H and O–H groups in total. The van der Waals surface area contributed by atoms with Crippen molar-refractivity contribution in [2.24, 2.45) is 0 Å². The second kappa shape index (κ2) is 68.1. The fourth-order valence-corrected chi connectivity index (χ4v) is 9.14. The fourth-order valence-electron chi connectivity index (χ4n) is 9.14. The number of carbonyl (C=O) groups excluding carboxylic acids is 3. The van der Waals surface area contributed by atoms with Crippen LogP contribution in [0.2, 0.25) is 0 Å². The number of ether oxygens (including phenoxy) is 3. The van der Waals surface area contributed by atoms with Gasteiger partial charge in [0.1, 0.15) is 13.2 Å². The molecule has 0 spiro atoms. The van der Waals surface area contributed by atoms with Gasteiger partial charge in [0.05, 0.1) is 0 Å². The Morgan fingerprint density at radius 1 is 0.259 bits per heavy atom. The van der Waals surface area contributed by atoms with E-state index in [-0.39, 0.29) is 37.5 Å². The van der Waals surface area contributed by atoms with E-state index in [2.05, 4.69) is 154 Å². The summed E-state index contributed by atoms with van der Waals surface area (Å²) < 4.78 is 16.9. The maximum atomic E-state index is 12.9. The molecule has 0 heterocycles. The van der Waals surface area contributed by atoms with Crippen LogP contribution in [0.25, 0.3) is 0 Å². The van der Waals surface area contributed by atoms with Gasteiger partial charge in [0.15, 0.2) is 6.10 Å². The van der Waals surface area contributed by atoms with E-state index < -0.39 is 6.10 Å². The van der Waals surface area contributed by atoms with E-state index in [1.807, 2.05) is 0 Å². The summed E-state index contributed by atoms with van der Waals surface area (Å²) in [6.07, 6.45) is 96.1. The average molecular weight is 1120 g/mol. The average Bonchev–Trinajstić information content (AvgIpc) is 3.47. The highest BCUT2D eigenvalue weighted by Crippen LogP contribution is 2.16. The number of unbranched alkanes of at least 4 members (excludes halogenated alkanes) is 27. The summed E-state index contributed by atoms with van der Waals surface area (Å²) in [5.41, 5.74) is 0. The lowest BCUT2D eigenvalue weighted by atomic mass is 10.0. The van der Waals surface area contributed by atoms with Crippen LogP contribution in [-0.4, -0.2) is 37.2 Å². The molecule has 0 aromatic rings. The van der Waals surface area contributed by atoms with Gasteiger partial charge >= 0.3 is 17.9 Å². The van der Waals surface area contributed by atoms with Crippen molar-refractivity contribution in [3.8, 4) is 0 Å². The highest BCUT2D eigenvalue weighted by Gasteiger charge is 2.19. The summed E-state index contributed by atoms with van der Waals surface area (Å²) in [4.78, 5) is 38.4. The smallest absolute Gasteiger partial charge is 0.306 e. The number of esters is 3. The highest BCUT2D eigenvalue weighted by molar-refractivity contribution is 5.71. The zero-order chi connectivity index (χ0) is 58.5. The minimum Gasteiger partial charge on any atom is -0.462 e. The summed E-state index contributed by atoms with van der Waals surface area (Å²) in [5, 5.41) is 0. The molecule has 0 rings (SSSR count). The SMILES string of the molecule is CC/C=C\C/C=C\C/C=C\C/C=C\C/C=C\CCCCCCCCCCCCCCCC(=O)OCC(COC(=O)CCCCCCC/C=C\CCCCCCCC)OC(=O)CCCCC/C=C\C/C=C\C/C=C\C/C=C\C/C=C\CC. The van der Waals surface area contributed by atoms with Crippen molar-refractivity contribution in [3.05, 3.63) is 134 Å². The van der Waals surface area contributed by atoms with E-state index in [1.54, 1.807) is 0 Å². The summed E-state index contributed by atoms with van der Waals surface area (Å²) in [5.74, 6) is -0.933. The van der Waals surface area contributed by atoms with Crippen molar-refractivity contribution in [1.29, 1.82) is 0 Å². The molecule has 0 radical (unpaired) electrons. The van der Waals surface area contributed by atoms with E-state index in [0.717, 1.165) is 135 Å². The molecule has 0 aromatic heterocycles. The van der Waals surface area contributed by atoms with E-state index in [4.69, 9.17) is 14.2 Å². The molecule has 0 aromatic carbocycles. The minimum atomic E-state index is -0.805. The second-order valence-corrected chi connectivity index (χ2v) is 22.0. The van der Waals surface area contributed by atoms with Gasteiger partial charge in [-0.05, 0) is 135 Å². The Balaban J connectivity index is 4.36. The molecule has 0 aliphatic rings. The summed E-state index contributed by atoms with van der Waals surface area (Å²) in [6, 6.07) is 0. The zero-order valence-corrected chi connectivity index (χ0v) is 52.8. The number of hydrogen-bond acceptors (Lipinski definition) is 6. The van der Waals surface area contributed by atoms with Gasteiger partial charge < -0.3 is 14.2 Å². The molecule has 0 bridgehead atoms. The number of hydrogen-bond donors (Lipinski definition) is 0. The van der Waals surface area contributed by atoms with Crippen molar-refractivity contribution in [2.75, 3.05) is 13.2 Å². The Labute approximate surface area is 500 Å². The van der Waals surface area contributed by atoms with E-state index >= 15 is 0 Å². The second-order valence-electron chi connectivity index (χ2n) is 22.0. The van der Waals surface area contributed by atoms with E-state index in [0.29, 0.717) is 12.8 Å². The molecule has 0 aliphatic heterocycles. The zero-order valence-electron chi connectivity index (χ0n) is 52.8. The predicted molar refractivity (Wildman–Crippen MR) is 353 cm³/mol. The van der Waals surface area contributed by atoms with Gasteiger partial charge in [-0.15, -0.1) is 0 Å². The summed E-state index contributed by atoms with van der Waals surface area (Å²) in [6.45, 7) is 6.39. The molecule has 6 nitrogen and oxygen atoms in total. The molecule has 0 aliphatic carbocycles. The van der Waals surface area contributed by atoms with Gasteiger partial charge in [0.2, 0.25) is 0 Å². The van der Waals surface area contributed by atoms with Crippen LogP contribution in [0.15, 0.2) is 134 Å². The van der Waals surface area contributed by atoms with Gasteiger partial charge in [-0.25, -0.2) is 0 Å². The quantitative estimate of drug-likeness (QED) is 0.0261. The van der Waals surface area contributed by atoms with Crippen LogP contribution < -0.4 is 0 Å². The molecule has 1 atom stereocenters. The Hall–Kier alpha value is -4.45. The van der Waals surface area contributed by atoms with Crippen LogP contribution in [0.3, 0.4) is 0 Å². The minimum absolute atomic E-state index is 0.0968. The Kier molecular flexibility index (Phi) is 64.3. The molecule has 0 fully saturated rings. The molecule has 0 amide bonds. The standard InChI is InChI=1S/C75H124O6/c1-4-7-10-13-16-19-22-25-28-30-32-33-34-35-36-37-38-39-40-41-43-44-47-50-53-56-59-62-65-68-74(77)80-71-72(70-79-73(76)67-64-61-58-55-52-49-46-27-24-21-18-15-12-9-6-3)81-75(78)69-66-63-60-57-54-51-48-45-42-31-29-26-23-20-17-14-11-8-5-2/h7-8,10-11,16-17,19-20,25-29,32-33,35-36,42,45-46,51,54,72H,4-6,9,12-15,18,21-24,30-31,34,37-41,43-44,47-50,52-53,55-71H2,1-3H3/b10-7-,11-8-,19-16-,20-17-,28-25-,29-26-,33-32-,36-35-,45-42-,46-27-,54-51-. The topological polar surface area (TPSA) is 78.9 Å². The third kappa shape index (κ3) is 66.2. The Morgan fingerprint density at radius 3 is 0.778 bits per heavy atom. The molecule has 81 heavy (non-hydrogen) atoms. The van der Waals surface area contributed by atoms with Gasteiger partial charge in [0, 0.05) is 19.3 Å². The van der Waals surface area contributed by atoms with Crippen LogP contribution in [0, 0.1) is 0 Å². The van der Waals surface area contributed by atoms with Gasteiger partial charge in [0.25, 0.3) is 0 Å². The maximum absolute atomic E-state index is 12.9. The molecule has 0 saturated carbocycles.